The van der Waals surface area contributed by atoms with Crippen LogP contribution in [0.15, 0.2) is 54.6 Å². The minimum Gasteiger partial charge on any atom is -0.373 e. The Hall–Kier alpha value is -2.00. The van der Waals surface area contributed by atoms with Gasteiger partial charge in [-0.25, -0.2) is 0 Å². The molecule has 0 fully saturated rings. The molecule has 3 nitrogen and oxygen atoms in total. The van der Waals surface area contributed by atoms with Crippen LogP contribution in [0.4, 0.5) is 5.69 Å². The summed E-state index contributed by atoms with van der Waals surface area (Å²) in [7, 11) is 2.01. The largest absolute Gasteiger partial charge is 0.373 e. The van der Waals surface area contributed by atoms with Crippen LogP contribution in [-0.4, -0.2) is 26.0 Å². The summed E-state index contributed by atoms with van der Waals surface area (Å²) in [4.78, 5) is 14.2. The maximum atomic E-state index is 12.1. The summed E-state index contributed by atoms with van der Waals surface area (Å²) in [6.45, 7) is 1.35. The van der Waals surface area contributed by atoms with E-state index in [-0.39, 0.29) is 5.91 Å². The lowest BCUT2D eigenvalue weighted by Gasteiger charge is -2.19. The van der Waals surface area contributed by atoms with Crippen molar-refractivity contribution in [3.63, 3.8) is 0 Å². The number of benzene rings is 2. The summed E-state index contributed by atoms with van der Waals surface area (Å²) >= 11 is 5.78. The lowest BCUT2D eigenvalue weighted by Crippen LogP contribution is -2.33. The molecule has 2 aromatic carbocycles. The van der Waals surface area contributed by atoms with E-state index in [0.717, 1.165) is 17.8 Å². The smallest absolute Gasteiger partial charge is 0.251 e. The number of likely N-dealkylation sites (N-methyl/N-ethyl adjacent to an activating group) is 1. The second kappa shape index (κ2) is 7.70. The highest BCUT2D eigenvalue weighted by molar-refractivity contribution is 6.17. The molecule has 0 saturated heterocycles. The Kier molecular flexibility index (Phi) is 5.64. The molecule has 4 heteroatoms. The highest BCUT2D eigenvalue weighted by Crippen LogP contribution is 2.10. The number of carbonyl (C=O) groups excluding carboxylic acids is 1. The predicted molar refractivity (Wildman–Crippen MR) is 88.0 cm³/mol. The molecule has 0 radical (unpaired) electrons. The third-order valence-corrected chi connectivity index (χ3v) is 3.58. The molecule has 110 valence electrons. The Morgan fingerprint density at radius 2 is 1.90 bits per heavy atom. The molecule has 2 rings (SSSR count). The quantitative estimate of drug-likeness (QED) is 0.831. The molecular weight excluding hydrogens is 284 g/mol. The van der Waals surface area contributed by atoms with E-state index in [2.05, 4.69) is 10.2 Å². The zero-order chi connectivity index (χ0) is 15.1. The molecule has 0 saturated carbocycles. The molecule has 21 heavy (non-hydrogen) atoms. The van der Waals surface area contributed by atoms with Gasteiger partial charge in [0.15, 0.2) is 0 Å². The van der Waals surface area contributed by atoms with Crippen molar-refractivity contribution in [3.8, 4) is 0 Å². The van der Waals surface area contributed by atoms with Crippen molar-refractivity contribution in [2.24, 2.45) is 0 Å². The maximum Gasteiger partial charge on any atom is 0.251 e. The van der Waals surface area contributed by atoms with Crippen LogP contribution in [0.2, 0.25) is 0 Å². The second-order valence-corrected chi connectivity index (χ2v) is 5.11. The third-order valence-electron chi connectivity index (χ3n) is 3.27. The Labute approximate surface area is 130 Å². The van der Waals surface area contributed by atoms with E-state index < -0.39 is 0 Å². The van der Waals surface area contributed by atoms with Crippen molar-refractivity contribution in [1.82, 2.24) is 5.32 Å². The fourth-order valence-electron chi connectivity index (χ4n) is 2.05. The highest BCUT2D eigenvalue weighted by Gasteiger charge is 2.06. The molecule has 0 unspecified atom stereocenters. The van der Waals surface area contributed by atoms with Crippen molar-refractivity contribution >= 4 is 23.2 Å². The van der Waals surface area contributed by atoms with Gasteiger partial charge >= 0.3 is 0 Å². The van der Waals surface area contributed by atoms with Crippen LogP contribution in [0.1, 0.15) is 15.9 Å². The number of alkyl halides is 1. The van der Waals surface area contributed by atoms with Crippen molar-refractivity contribution in [3.05, 3.63) is 65.7 Å². The van der Waals surface area contributed by atoms with Crippen LogP contribution in [0.25, 0.3) is 0 Å². The van der Waals surface area contributed by atoms with Gasteiger partial charge in [0.2, 0.25) is 0 Å². The van der Waals surface area contributed by atoms with Gasteiger partial charge in [-0.1, -0.05) is 30.3 Å². The van der Waals surface area contributed by atoms with E-state index in [0.29, 0.717) is 18.0 Å². The van der Waals surface area contributed by atoms with Crippen molar-refractivity contribution in [2.75, 3.05) is 25.0 Å². The van der Waals surface area contributed by atoms with Crippen molar-refractivity contribution < 1.29 is 4.79 Å². The maximum absolute atomic E-state index is 12.1. The zero-order valence-corrected chi connectivity index (χ0v) is 12.8. The molecular formula is C17H19ClN2O. The van der Waals surface area contributed by atoms with E-state index in [4.69, 9.17) is 11.6 Å². The van der Waals surface area contributed by atoms with Crippen molar-refractivity contribution in [1.29, 1.82) is 0 Å². The lowest BCUT2D eigenvalue weighted by molar-refractivity contribution is 0.0954. The first kappa shape index (κ1) is 15.4. The van der Waals surface area contributed by atoms with Gasteiger partial charge in [-0.3, -0.25) is 4.79 Å². The van der Waals surface area contributed by atoms with Gasteiger partial charge in [-0.05, 0) is 29.8 Å². The highest BCUT2D eigenvalue weighted by atomic mass is 35.5. The van der Waals surface area contributed by atoms with Gasteiger partial charge in [0.25, 0.3) is 5.91 Å². The van der Waals surface area contributed by atoms with E-state index in [1.165, 1.54) is 0 Å². The molecule has 1 amide bonds. The molecule has 0 aliphatic carbocycles. The molecule has 0 spiro atoms. The van der Waals surface area contributed by atoms with Gasteiger partial charge in [-0.2, -0.15) is 0 Å². The number of hydrogen-bond acceptors (Lipinski definition) is 2. The number of rotatable bonds is 6. The molecule has 0 aliphatic heterocycles. The molecule has 0 aromatic heterocycles. The third kappa shape index (κ3) is 4.50. The summed E-state index contributed by atoms with van der Waals surface area (Å²) in [5.74, 6) is 0.348. The van der Waals surface area contributed by atoms with Gasteiger partial charge in [0.1, 0.15) is 0 Å². The average molecular weight is 303 g/mol. The standard InChI is InChI=1S/C17H19ClN2O/c1-20(16-8-3-2-4-9-16)11-10-19-17(21)15-7-5-6-14(12-15)13-18/h2-9,12H,10-11,13H2,1H3,(H,19,21). The minimum absolute atomic E-state index is 0.0663. The number of nitrogens with zero attached hydrogens (tertiary/aromatic N) is 1. The number of nitrogens with one attached hydrogen (secondary N) is 1. The van der Waals surface area contributed by atoms with Crippen LogP contribution in [-0.2, 0) is 5.88 Å². The van der Waals surface area contributed by atoms with Crippen LogP contribution in [0.3, 0.4) is 0 Å². The summed E-state index contributed by atoms with van der Waals surface area (Å²) in [6.07, 6.45) is 0. The summed E-state index contributed by atoms with van der Waals surface area (Å²) in [6, 6.07) is 17.5. The van der Waals surface area contributed by atoms with Gasteiger partial charge in [0.05, 0.1) is 0 Å². The molecule has 1 N–H and O–H groups in total. The molecule has 0 atom stereocenters. The lowest BCUT2D eigenvalue weighted by atomic mass is 10.1. The minimum atomic E-state index is -0.0663. The Bertz CT molecular complexity index is 586. The Balaban J connectivity index is 1.84. The van der Waals surface area contributed by atoms with E-state index in [1.807, 2.05) is 55.6 Å². The fourth-order valence-corrected chi connectivity index (χ4v) is 2.21. The molecule has 2 aromatic rings. The summed E-state index contributed by atoms with van der Waals surface area (Å²) < 4.78 is 0. The number of para-hydroxylation sites is 1. The first-order chi connectivity index (χ1) is 10.2. The Morgan fingerprint density at radius 1 is 1.14 bits per heavy atom. The first-order valence-corrected chi connectivity index (χ1v) is 7.43. The number of amides is 1. The van der Waals surface area contributed by atoms with E-state index >= 15 is 0 Å². The fraction of sp³-hybridized carbons (Fsp3) is 0.235. The SMILES string of the molecule is CN(CCNC(=O)c1cccc(CCl)c1)c1ccccc1. The van der Waals surface area contributed by atoms with E-state index in [1.54, 1.807) is 6.07 Å². The van der Waals surface area contributed by atoms with Gasteiger partial charge in [-0.15, -0.1) is 11.6 Å². The summed E-state index contributed by atoms with van der Waals surface area (Å²) in [5.41, 5.74) is 2.73. The molecule has 0 bridgehead atoms. The second-order valence-electron chi connectivity index (χ2n) is 4.85. The van der Waals surface area contributed by atoms with E-state index in [9.17, 15) is 4.79 Å². The van der Waals surface area contributed by atoms with Crippen LogP contribution in [0.5, 0.6) is 0 Å². The zero-order valence-electron chi connectivity index (χ0n) is 12.1. The average Bonchev–Trinajstić information content (AvgIpc) is 2.55. The van der Waals surface area contributed by atoms with Crippen LogP contribution >= 0.6 is 11.6 Å². The Morgan fingerprint density at radius 3 is 2.62 bits per heavy atom. The predicted octanol–water partition coefficient (Wildman–Crippen LogP) is 3.29. The molecule has 0 aliphatic rings. The normalized spacial score (nSPS) is 10.2. The van der Waals surface area contributed by atoms with Gasteiger partial charge < -0.3 is 10.2 Å². The number of halogens is 1. The number of carbonyl (C=O) groups is 1. The number of hydrogen-bond donors (Lipinski definition) is 1. The van der Waals surface area contributed by atoms with Crippen molar-refractivity contribution in [2.45, 2.75) is 5.88 Å². The topological polar surface area (TPSA) is 32.3 Å². The van der Waals surface area contributed by atoms with Crippen LogP contribution < -0.4 is 10.2 Å². The number of anilines is 1. The summed E-state index contributed by atoms with van der Waals surface area (Å²) in [5, 5.41) is 2.93. The molecule has 0 heterocycles. The monoisotopic (exact) mass is 302 g/mol. The first-order valence-electron chi connectivity index (χ1n) is 6.90. The van der Waals surface area contributed by atoms with Crippen LogP contribution in [0, 0.1) is 0 Å². The van der Waals surface area contributed by atoms with Gasteiger partial charge in [0, 0.05) is 37.3 Å².